The highest BCUT2D eigenvalue weighted by Crippen LogP contribution is 2.33. The SMILES string of the molecule is Cc1cnnc(C)c1[C@@H](C)Oc1ccc2[nH]nc(-c3cnc(N4CCN5C(=O)NCC5C4)c(C#N)c3)c2c1. The predicted octanol–water partition coefficient (Wildman–Crippen LogP) is 3.26. The third kappa shape index (κ3) is 4.04. The number of H-pyrrole nitrogens is 1. The van der Waals surface area contributed by atoms with Crippen molar-refractivity contribution in [2.45, 2.75) is 32.9 Å². The van der Waals surface area contributed by atoms with Crippen molar-refractivity contribution < 1.29 is 9.53 Å². The first-order chi connectivity index (χ1) is 18.4. The Morgan fingerprint density at radius 1 is 1.21 bits per heavy atom. The van der Waals surface area contributed by atoms with E-state index in [0.717, 1.165) is 33.3 Å². The highest BCUT2D eigenvalue weighted by Gasteiger charge is 2.36. The fraction of sp³-hybridized carbons (Fsp3) is 0.333. The monoisotopic (exact) mass is 509 g/mol. The van der Waals surface area contributed by atoms with Crippen LogP contribution in [0, 0.1) is 25.2 Å². The zero-order valence-electron chi connectivity index (χ0n) is 21.4. The van der Waals surface area contributed by atoms with E-state index in [1.807, 2.05) is 49.9 Å². The number of pyridine rings is 1. The number of nitrogens with one attached hydrogen (secondary N) is 2. The maximum Gasteiger partial charge on any atom is 0.317 e. The van der Waals surface area contributed by atoms with Crippen LogP contribution in [0.25, 0.3) is 22.2 Å². The van der Waals surface area contributed by atoms with E-state index in [0.29, 0.717) is 49.0 Å². The minimum absolute atomic E-state index is 0.0238. The summed E-state index contributed by atoms with van der Waals surface area (Å²) in [4.78, 5) is 20.6. The van der Waals surface area contributed by atoms with Gasteiger partial charge < -0.3 is 19.9 Å². The average Bonchev–Trinajstić information content (AvgIpc) is 3.51. The van der Waals surface area contributed by atoms with Gasteiger partial charge in [-0.2, -0.15) is 20.6 Å². The summed E-state index contributed by atoms with van der Waals surface area (Å²) in [5.74, 6) is 1.33. The zero-order valence-corrected chi connectivity index (χ0v) is 21.4. The largest absolute Gasteiger partial charge is 0.486 e. The van der Waals surface area contributed by atoms with Crippen molar-refractivity contribution in [3.05, 3.63) is 59.0 Å². The molecular formula is C27H27N9O2. The highest BCUT2D eigenvalue weighted by molar-refractivity contribution is 5.94. The molecule has 1 aromatic carbocycles. The van der Waals surface area contributed by atoms with Crippen molar-refractivity contribution in [2.24, 2.45) is 0 Å². The Morgan fingerprint density at radius 3 is 2.89 bits per heavy atom. The van der Waals surface area contributed by atoms with Gasteiger partial charge >= 0.3 is 6.03 Å². The van der Waals surface area contributed by atoms with Crippen LogP contribution in [0.5, 0.6) is 5.75 Å². The Hall–Kier alpha value is -4.72. The van der Waals surface area contributed by atoms with Gasteiger partial charge in [0.15, 0.2) is 0 Å². The molecule has 2 atom stereocenters. The molecule has 0 bridgehead atoms. The number of carbonyl (C=O) groups is 1. The Kier molecular flexibility index (Phi) is 5.79. The van der Waals surface area contributed by atoms with Crippen LogP contribution in [0.3, 0.4) is 0 Å². The number of rotatable bonds is 5. The quantitative estimate of drug-likeness (QED) is 0.418. The second-order valence-electron chi connectivity index (χ2n) is 9.75. The third-order valence-electron chi connectivity index (χ3n) is 7.32. The van der Waals surface area contributed by atoms with Crippen LogP contribution in [0.1, 0.15) is 35.4 Å². The molecule has 38 heavy (non-hydrogen) atoms. The number of hydrogen-bond donors (Lipinski definition) is 2. The van der Waals surface area contributed by atoms with Crippen LogP contribution in [0.15, 0.2) is 36.7 Å². The number of hydrogen-bond acceptors (Lipinski definition) is 8. The number of anilines is 1. The van der Waals surface area contributed by atoms with Crippen LogP contribution in [-0.2, 0) is 0 Å². The minimum atomic E-state index is -0.213. The molecule has 6 rings (SSSR count). The lowest BCUT2D eigenvalue weighted by molar-refractivity contribution is 0.197. The van der Waals surface area contributed by atoms with Gasteiger partial charge in [-0.3, -0.25) is 5.10 Å². The Morgan fingerprint density at radius 2 is 2.08 bits per heavy atom. The molecule has 2 aliphatic rings. The second-order valence-corrected chi connectivity index (χ2v) is 9.75. The summed E-state index contributed by atoms with van der Waals surface area (Å²) in [7, 11) is 0. The average molecular weight is 510 g/mol. The molecule has 192 valence electrons. The summed E-state index contributed by atoms with van der Waals surface area (Å²) in [5.41, 5.74) is 5.66. The first-order valence-electron chi connectivity index (χ1n) is 12.6. The number of aromatic nitrogens is 5. The number of ether oxygens (including phenoxy) is 1. The molecule has 0 saturated carbocycles. The number of amides is 2. The van der Waals surface area contributed by atoms with Gasteiger partial charge in [-0.1, -0.05) is 0 Å². The van der Waals surface area contributed by atoms with Crippen molar-refractivity contribution in [1.29, 1.82) is 5.26 Å². The van der Waals surface area contributed by atoms with Gasteiger partial charge in [0.25, 0.3) is 0 Å². The van der Waals surface area contributed by atoms with E-state index in [2.05, 4.69) is 41.7 Å². The summed E-state index contributed by atoms with van der Waals surface area (Å²) in [6, 6.07) is 9.98. The van der Waals surface area contributed by atoms with E-state index in [1.54, 1.807) is 12.4 Å². The topological polar surface area (TPSA) is 136 Å². The molecule has 2 N–H and O–H groups in total. The van der Waals surface area contributed by atoms with Crippen molar-refractivity contribution in [3.63, 3.8) is 0 Å². The number of aromatic amines is 1. The molecule has 1 unspecified atom stereocenters. The van der Waals surface area contributed by atoms with Crippen LogP contribution in [0.2, 0.25) is 0 Å². The number of fused-ring (bicyclic) bond motifs is 2. The van der Waals surface area contributed by atoms with E-state index in [-0.39, 0.29) is 18.2 Å². The molecule has 0 aliphatic carbocycles. The number of aryl methyl sites for hydroxylation is 2. The van der Waals surface area contributed by atoms with E-state index in [1.165, 1.54) is 0 Å². The van der Waals surface area contributed by atoms with Crippen molar-refractivity contribution in [3.8, 4) is 23.1 Å². The number of nitrogens with zero attached hydrogens (tertiary/aromatic N) is 7. The first-order valence-corrected chi connectivity index (χ1v) is 12.6. The summed E-state index contributed by atoms with van der Waals surface area (Å²) >= 11 is 0. The maximum atomic E-state index is 11.9. The fourth-order valence-electron chi connectivity index (χ4n) is 5.49. The summed E-state index contributed by atoms with van der Waals surface area (Å²) in [6.07, 6.45) is 3.28. The van der Waals surface area contributed by atoms with Gasteiger partial charge in [-0.25, -0.2) is 9.78 Å². The lowest BCUT2D eigenvalue weighted by atomic mass is 10.0. The number of benzene rings is 1. The van der Waals surface area contributed by atoms with Gasteiger partial charge in [0, 0.05) is 48.9 Å². The van der Waals surface area contributed by atoms with Crippen LogP contribution in [-0.4, -0.2) is 68.5 Å². The normalized spacial score (nSPS) is 17.7. The summed E-state index contributed by atoms with van der Waals surface area (Å²) in [5, 5.41) is 29.5. The molecule has 0 spiro atoms. The molecule has 0 radical (unpaired) electrons. The smallest absolute Gasteiger partial charge is 0.317 e. The lowest BCUT2D eigenvalue weighted by Gasteiger charge is -2.37. The van der Waals surface area contributed by atoms with E-state index in [4.69, 9.17) is 4.74 Å². The molecule has 4 aromatic rings. The van der Waals surface area contributed by atoms with Crippen molar-refractivity contribution >= 4 is 22.8 Å². The predicted molar refractivity (Wildman–Crippen MR) is 141 cm³/mol. The second kappa shape index (κ2) is 9.30. The molecule has 11 nitrogen and oxygen atoms in total. The molecule has 2 aliphatic heterocycles. The highest BCUT2D eigenvalue weighted by atomic mass is 16.5. The number of nitriles is 1. The molecule has 11 heteroatoms. The molecule has 2 amide bonds. The lowest BCUT2D eigenvalue weighted by Crippen LogP contribution is -2.52. The molecular weight excluding hydrogens is 482 g/mol. The van der Waals surface area contributed by atoms with Crippen molar-refractivity contribution in [2.75, 3.05) is 31.1 Å². The number of carbonyl (C=O) groups excluding carboxylic acids is 1. The standard InChI is InChI=1S/C27H27N9O2/c1-15-11-31-32-16(2)24(15)17(3)38-21-4-5-23-22(9-21)25(34-33-23)19-8-18(10-28)26(29-12-19)35-6-7-36-20(14-35)13-30-27(36)37/h4-5,8-9,11-12,17,20H,6-7,13-14H2,1-3H3,(H,30,37)(H,33,34)/t17-,20?/m1/s1. The van der Waals surface area contributed by atoms with Crippen LogP contribution < -0.4 is 15.0 Å². The number of piperazine rings is 1. The Labute approximate surface area is 219 Å². The van der Waals surface area contributed by atoms with Gasteiger partial charge in [-0.15, -0.1) is 0 Å². The van der Waals surface area contributed by atoms with Crippen LogP contribution >= 0.6 is 0 Å². The van der Waals surface area contributed by atoms with Crippen molar-refractivity contribution in [1.82, 2.24) is 35.6 Å². The molecule has 5 heterocycles. The van der Waals surface area contributed by atoms with E-state index in [9.17, 15) is 10.1 Å². The fourth-order valence-corrected chi connectivity index (χ4v) is 5.49. The molecule has 2 saturated heterocycles. The van der Waals surface area contributed by atoms with E-state index >= 15 is 0 Å². The third-order valence-corrected chi connectivity index (χ3v) is 7.32. The van der Waals surface area contributed by atoms with Gasteiger partial charge in [-0.05, 0) is 50.6 Å². The first kappa shape index (κ1) is 23.7. The maximum absolute atomic E-state index is 11.9. The van der Waals surface area contributed by atoms with Gasteiger partial charge in [0.2, 0.25) is 0 Å². The summed E-state index contributed by atoms with van der Waals surface area (Å²) < 4.78 is 6.30. The van der Waals surface area contributed by atoms with Gasteiger partial charge in [0.1, 0.15) is 29.4 Å². The van der Waals surface area contributed by atoms with Crippen LogP contribution in [0.4, 0.5) is 10.6 Å². The van der Waals surface area contributed by atoms with Gasteiger partial charge in [0.05, 0.1) is 29.0 Å². The molecule has 3 aromatic heterocycles. The summed E-state index contributed by atoms with van der Waals surface area (Å²) in [6.45, 7) is 8.40. The Balaban J connectivity index is 1.28. The minimum Gasteiger partial charge on any atom is -0.486 e. The Bertz CT molecular complexity index is 1570. The zero-order chi connectivity index (χ0) is 26.4. The molecule has 2 fully saturated rings. The number of urea groups is 1. The van der Waals surface area contributed by atoms with E-state index < -0.39 is 0 Å².